The van der Waals surface area contributed by atoms with Gasteiger partial charge in [0.2, 0.25) is 0 Å². The number of methoxy groups -OCH3 is 1. The van der Waals surface area contributed by atoms with Gasteiger partial charge in [0, 0.05) is 5.69 Å². The van der Waals surface area contributed by atoms with Gasteiger partial charge in [-0.3, -0.25) is 4.79 Å². The number of carbonyl (C=O) groups is 2. The van der Waals surface area contributed by atoms with Crippen LogP contribution in [0.2, 0.25) is 0 Å². The Balaban J connectivity index is 2.09. The summed E-state index contributed by atoms with van der Waals surface area (Å²) in [7, 11) is 1.28. The van der Waals surface area contributed by atoms with Crippen LogP contribution in [-0.2, 0) is 14.3 Å². The molecule has 2 rings (SSSR count). The number of anilines is 1. The van der Waals surface area contributed by atoms with Gasteiger partial charge in [-0.05, 0) is 77.6 Å². The maximum absolute atomic E-state index is 12.4. The van der Waals surface area contributed by atoms with E-state index in [2.05, 4.69) is 10.1 Å². The molecule has 0 bridgehead atoms. The smallest absolute Gasteiger partial charge is 0.343 e. The normalized spacial score (nSPS) is 10.6. The van der Waals surface area contributed by atoms with E-state index in [1.165, 1.54) is 13.2 Å². The van der Waals surface area contributed by atoms with Crippen LogP contribution in [0, 0.1) is 14.9 Å². The summed E-state index contributed by atoms with van der Waals surface area (Å²) in [5, 5.41) is 12.1. The van der Waals surface area contributed by atoms with Gasteiger partial charge in [-0.15, -0.1) is 0 Å². The molecule has 0 aliphatic carbocycles. The molecule has 7 nitrogen and oxygen atoms in total. The summed E-state index contributed by atoms with van der Waals surface area (Å²) in [6, 6.07) is 13.9. The second-order valence-electron chi connectivity index (χ2n) is 5.64. The third kappa shape index (κ3) is 6.80. The lowest BCUT2D eigenvalue weighted by atomic mass is 10.1. The van der Waals surface area contributed by atoms with Crippen molar-refractivity contribution >= 4 is 46.2 Å². The van der Waals surface area contributed by atoms with Crippen molar-refractivity contribution in [3.63, 3.8) is 0 Å². The summed E-state index contributed by atoms with van der Waals surface area (Å²) in [4.78, 5) is 23.6. The molecule has 8 heteroatoms. The van der Waals surface area contributed by atoms with E-state index in [1.54, 1.807) is 42.5 Å². The third-order valence-electron chi connectivity index (χ3n) is 3.63. The van der Waals surface area contributed by atoms with Crippen LogP contribution in [0.1, 0.15) is 12.5 Å². The number of carbonyl (C=O) groups excluding carboxylic acids is 2. The van der Waals surface area contributed by atoms with Gasteiger partial charge in [0.15, 0.2) is 6.61 Å². The molecule has 0 heterocycles. The van der Waals surface area contributed by atoms with Crippen LogP contribution >= 0.6 is 22.6 Å². The lowest BCUT2D eigenvalue weighted by Crippen LogP contribution is -2.13. The van der Waals surface area contributed by atoms with E-state index in [4.69, 9.17) is 9.47 Å². The Morgan fingerprint density at radius 3 is 2.48 bits per heavy atom. The average Bonchev–Trinajstić information content (AvgIpc) is 2.72. The van der Waals surface area contributed by atoms with Gasteiger partial charge in [-0.25, -0.2) is 4.79 Å². The second-order valence-corrected chi connectivity index (χ2v) is 6.80. The molecule has 2 aromatic carbocycles. The minimum absolute atomic E-state index is 0.0436. The molecule has 2 aromatic rings. The molecule has 29 heavy (non-hydrogen) atoms. The molecular formula is C21H19IN2O5. The number of nitriles is 1. The minimum atomic E-state index is -0.516. The first-order valence-electron chi connectivity index (χ1n) is 8.62. The van der Waals surface area contributed by atoms with Crippen molar-refractivity contribution in [1.82, 2.24) is 0 Å². The van der Waals surface area contributed by atoms with Crippen molar-refractivity contribution in [2.24, 2.45) is 0 Å². The Morgan fingerprint density at radius 2 is 1.90 bits per heavy atom. The maximum Gasteiger partial charge on any atom is 0.343 e. The summed E-state index contributed by atoms with van der Waals surface area (Å²) in [6.07, 6.45) is 1.48. The summed E-state index contributed by atoms with van der Waals surface area (Å²) < 4.78 is 16.0. The highest BCUT2D eigenvalue weighted by molar-refractivity contribution is 14.1. The van der Waals surface area contributed by atoms with Gasteiger partial charge in [0.1, 0.15) is 23.1 Å². The zero-order chi connectivity index (χ0) is 21.2. The first-order valence-corrected chi connectivity index (χ1v) is 9.69. The number of ether oxygens (including phenoxy) is 3. The minimum Gasteiger partial charge on any atom is -0.494 e. The SMILES string of the molecule is CCOc1ccc(NC(=O)/C(C#N)=C\c2ccc(OCC(=O)OC)c(I)c2)cc1. The number of hydrogen-bond acceptors (Lipinski definition) is 6. The lowest BCUT2D eigenvalue weighted by Gasteiger charge is -2.08. The van der Waals surface area contributed by atoms with Gasteiger partial charge < -0.3 is 19.5 Å². The Kier molecular flexibility index (Phi) is 8.48. The summed E-state index contributed by atoms with van der Waals surface area (Å²) in [6.45, 7) is 2.24. The molecule has 0 aliphatic heterocycles. The van der Waals surface area contributed by atoms with Crippen LogP contribution in [0.3, 0.4) is 0 Å². The quantitative estimate of drug-likeness (QED) is 0.253. The van der Waals surface area contributed by atoms with Crippen molar-refractivity contribution in [2.45, 2.75) is 6.92 Å². The first kappa shape index (κ1) is 22.2. The predicted octanol–water partition coefficient (Wildman–Crippen LogP) is 3.79. The maximum atomic E-state index is 12.4. The van der Waals surface area contributed by atoms with E-state index in [1.807, 2.05) is 35.6 Å². The molecule has 0 unspecified atom stereocenters. The number of rotatable bonds is 8. The highest BCUT2D eigenvalue weighted by Crippen LogP contribution is 2.24. The Bertz CT molecular complexity index is 949. The number of amides is 1. The van der Waals surface area contributed by atoms with Crippen molar-refractivity contribution in [2.75, 3.05) is 25.6 Å². The van der Waals surface area contributed by atoms with E-state index in [0.717, 1.165) is 3.57 Å². The van der Waals surface area contributed by atoms with Gasteiger partial charge in [0.25, 0.3) is 5.91 Å². The Morgan fingerprint density at radius 1 is 1.17 bits per heavy atom. The lowest BCUT2D eigenvalue weighted by molar-refractivity contribution is -0.142. The summed E-state index contributed by atoms with van der Waals surface area (Å²) in [5.41, 5.74) is 1.16. The number of nitrogens with one attached hydrogen (secondary N) is 1. The fourth-order valence-corrected chi connectivity index (χ4v) is 2.93. The van der Waals surface area contributed by atoms with Crippen LogP contribution in [0.25, 0.3) is 6.08 Å². The molecule has 1 amide bonds. The van der Waals surface area contributed by atoms with E-state index in [-0.39, 0.29) is 12.2 Å². The number of nitrogens with zero attached hydrogens (tertiary/aromatic N) is 1. The zero-order valence-corrected chi connectivity index (χ0v) is 18.1. The molecule has 0 fully saturated rings. The Hall–Kier alpha value is -3.06. The van der Waals surface area contributed by atoms with Crippen molar-refractivity contribution in [1.29, 1.82) is 5.26 Å². The number of halogens is 1. The first-order chi connectivity index (χ1) is 14.0. The average molecular weight is 506 g/mol. The fraction of sp³-hybridized carbons (Fsp3) is 0.190. The summed E-state index contributed by atoms with van der Waals surface area (Å²) >= 11 is 2.05. The highest BCUT2D eigenvalue weighted by atomic mass is 127. The molecule has 0 atom stereocenters. The van der Waals surface area contributed by atoms with Gasteiger partial charge in [-0.1, -0.05) is 6.07 Å². The van der Waals surface area contributed by atoms with Gasteiger partial charge in [0.05, 0.1) is 17.3 Å². The van der Waals surface area contributed by atoms with Crippen LogP contribution in [0.5, 0.6) is 11.5 Å². The largest absolute Gasteiger partial charge is 0.494 e. The second kappa shape index (κ2) is 11.1. The van der Waals surface area contributed by atoms with E-state index in [9.17, 15) is 14.9 Å². The molecule has 150 valence electrons. The van der Waals surface area contributed by atoms with Crippen molar-refractivity contribution in [3.05, 3.63) is 57.2 Å². The standard InChI is InChI=1S/C21H19IN2O5/c1-3-28-17-7-5-16(6-8-17)24-21(26)15(12-23)10-14-4-9-19(18(22)11-14)29-13-20(25)27-2/h4-11H,3,13H2,1-2H3,(H,24,26)/b15-10-. The number of benzene rings is 2. The van der Waals surface area contributed by atoms with Crippen LogP contribution in [-0.4, -0.2) is 32.2 Å². The topological polar surface area (TPSA) is 97.6 Å². The molecule has 0 radical (unpaired) electrons. The molecule has 0 saturated carbocycles. The predicted molar refractivity (Wildman–Crippen MR) is 117 cm³/mol. The van der Waals surface area contributed by atoms with Crippen LogP contribution in [0.4, 0.5) is 5.69 Å². The highest BCUT2D eigenvalue weighted by Gasteiger charge is 2.11. The van der Waals surface area contributed by atoms with E-state index in [0.29, 0.717) is 29.4 Å². The molecular weight excluding hydrogens is 487 g/mol. The molecule has 0 aliphatic rings. The van der Waals surface area contributed by atoms with E-state index >= 15 is 0 Å². The van der Waals surface area contributed by atoms with Gasteiger partial charge in [-0.2, -0.15) is 5.26 Å². The monoisotopic (exact) mass is 506 g/mol. The van der Waals surface area contributed by atoms with Crippen LogP contribution < -0.4 is 14.8 Å². The summed E-state index contributed by atoms with van der Waals surface area (Å²) in [5.74, 6) is 0.205. The third-order valence-corrected chi connectivity index (χ3v) is 4.47. The van der Waals surface area contributed by atoms with Gasteiger partial charge >= 0.3 is 5.97 Å². The molecule has 0 saturated heterocycles. The Labute approximate surface area is 182 Å². The van der Waals surface area contributed by atoms with Crippen molar-refractivity contribution < 1.29 is 23.8 Å². The number of hydrogen-bond donors (Lipinski definition) is 1. The molecule has 1 N–H and O–H groups in total. The van der Waals surface area contributed by atoms with E-state index < -0.39 is 11.9 Å². The fourth-order valence-electron chi connectivity index (χ4n) is 2.23. The van der Waals surface area contributed by atoms with Crippen LogP contribution in [0.15, 0.2) is 48.0 Å². The van der Waals surface area contributed by atoms with Crippen molar-refractivity contribution in [3.8, 4) is 17.6 Å². The zero-order valence-electron chi connectivity index (χ0n) is 15.9. The molecule has 0 aromatic heterocycles. The number of esters is 1. The molecule has 0 spiro atoms.